The van der Waals surface area contributed by atoms with E-state index in [4.69, 9.17) is 5.73 Å². The van der Waals surface area contributed by atoms with Gasteiger partial charge in [-0.1, -0.05) is 12.8 Å². The van der Waals surface area contributed by atoms with Crippen LogP contribution in [0.4, 0.5) is 10.2 Å². The van der Waals surface area contributed by atoms with E-state index in [1.165, 1.54) is 0 Å². The van der Waals surface area contributed by atoms with E-state index in [-0.39, 0.29) is 30.4 Å². The van der Waals surface area contributed by atoms with Crippen molar-refractivity contribution in [1.29, 1.82) is 0 Å². The summed E-state index contributed by atoms with van der Waals surface area (Å²) in [5, 5.41) is 5.71. The highest BCUT2D eigenvalue weighted by atomic mass is 79.9. The Morgan fingerprint density at radius 2 is 2.15 bits per heavy atom. The molecule has 1 amide bonds. The Hall–Kier alpha value is -1.21. The largest absolute Gasteiger partial charge is 0.363 e. The average molecular weight is 343 g/mol. The smallest absolute Gasteiger partial charge is 0.254 e. The number of nitrogens with two attached hydrogens (primary N) is 1. The molecule has 20 heavy (non-hydrogen) atoms. The monoisotopic (exact) mass is 342 g/mol. The number of pyridine rings is 1. The summed E-state index contributed by atoms with van der Waals surface area (Å²) in [6.45, 7) is 0.201. The molecule has 1 aromatic heterocycles. The summed E-state index contributed by atoms with van der Waals surface area (Å²) in [7, 11) is 0. The second-order valence-electron chi connectivity index (χ2n) is 5.30. The van der Waals surface area contributed by atoms with E-state index in [2.05, 4.69) is 31.5 Å². The molecule has 0 spiro atoms. The van der Waals surface area contributed by atoms with Gasteiger partial charge in [0.2, 0.25) is 0 Å². The van der Waals surface area contributed by atoms with Gasteiger partial charge in [-0.15, -0.1) is 0 Å². The molecule has 108 valence electrons. The molecule has 2 atom stereocenters. The number of aromatic nitrogens is 1. The van der Waals surface area contributed by atoms with Crippen LogP contribution in [0.1, 0.15) is 41.6 Å². The molecule has 2 aliphatic rings. The molecule has 1 aliphatic heterocycles. The van der Waals surface area contributed by atoms with Crippen LogP contribution >= 0.6 is 15.9 Å². The molecular formula is C13H16BrFN4O. The van der Waals surface area contributed by atoms with Crippen molar-refractivity contribution in [1.82, 2.24) is 10.3 Å². The first kappa shape index (κ1) is 13.8. The van der Waals surface area contributed by atoms with E-state index < -0.39 is 5.82 Å². The number of nitrogens with one attached hydrogen (secondary N) is 2. The summed E-state index contributed by atoms with van der Waals surface area (Å²) in [5.41, 5.74) is 6.72. The van der Waals surface area contributed by atoms with Crippen LogP contribution in [-0.4, -0.2) is 23.0 Å². The van der Waals surface area contributed by atoms with E-state index in [1.807, 2.05) is 0 Å². The summed E-state index contributed by atoms with van der Waals surface area (Å²) in [5.74, 6) is -0.576. The standard InChI is InChI=1S/C13H16BrFN4O/c14-11-9-6(5-17-13(9)20)10(15)12(19-11)18-8-4-2-1-3-7(8)16/h7-8H,1-5,16H2,(H,17,20)(H,18,19). The van der Waals surface area contributed by atoms with Crippen LogP contribution in [0.3, 0.4) is 0 Å². The molecule has 0 aromatic carbocycles. The van der Waals surface area contributed by atoms with Crippen molar-refractivity contribution >= 4 is 27.7 Å². The van der Waals surface area contributed by atoms with Gasteiger partial charge in [-0.2, -0.15) is 0 Å². The van der Waals surface area contributed by atoms with Crippen molar-refractivity contribution in [3.63, 3.8) is 0 Å². The number of amides is 1. The van der Waals surface area contributed by atoms with Crippen LogP contribution in [0.5, 0.6) is 0 Å². The fraction of sp³-hybridized carbons (Fsp3) is 0.538. The molecule has 1 saturated carbocycles. The van der Waals surface area contributed by atoms with Gasteiger partial charge < -0.3 is 16.4 Å². The Bertz CT molecular complexity index is 566. The predicted molar refractivity (Wildman–Crippen MR) is 76.9 cm³/mol. The maximum absolute atomic E-state index is 14.4. The summed E-state index contributed by atoms with van der Waals surface area (Å²) in [6, 6.07) is 0.0394. The maximum atomic E-state index is 14.4. The number of fused-ring (bicyclic) bond motifs is 1. The van der Waals surface area contributed by atoms with Gasteiger partial charge in [0.1, 0.15) is 4.60 Å². The Morgan fingerprint density at radius 3 is 2.90 bits per heavy atom. The van der Waals surface area contributed by atoms with E-state index in [9.17, 15) is 9.18 Å². The lowest BCUT2D eigenvalue weighted by molar-refractivity contribution is 0.0965. The lowest BCUT2D eigenvalue weighted by Crippen LogP contribution is -2.43. The van der Waals surface area contributed by atoms with Crippen LogP contribution < -0.4 is 16.4 Å². The van der Waals surface area contributed by atoms with E-state index in [0.717, 1.165) is 25.7 Å². The highest BCUT2D eigenvalue weighted by Gasteiger charge is 2.30. The number of rotatable bonds is 2. The summed E-state index contributed by atoms with van der Waals surface area (Å²) in [6.07, 6.45) is 4.04. The summed E-state index contributed by atoms with van der Waals surface area (Å²) >= 11 is 3.24. The van der Waals surface area contributed by atoms with E-state index in [0.29, 0.717) is 15.7 Å². The first-order chi connectivity index (χ1) is 9.58. The molecule has 2 heterocycles. The SMILES string of the molecule is NC1CCCCC1Nc1nc(Br)c2c(c1F)CNC2=O. The Morgan fingerprint density at radius 1 is 1.40 bits per heavy atom. The van der Waals surface area contributed by atoms with Crippen LogP contribution in [0, 0.1) is 5.82 Å². The van der Waals surface area contributed by atoms with Gasteiger partial charge >= 0.3 is 0 Å². The topological polar surface area (TPSA) is 80.0 Å². The van der Waals surface area contributed by atoms with Crippen molar-refractivity contribution in [3.05, 3.63) is 21.5 Å². The predicted octanol–water partition coefficient (Wildman–Crippen LogP) is 1.91. The van der Waals surface area contributed by atoms with Gasteiger partial charge in [0.25, 0.3) is 5.91 Å². The number of carbonyl (C=O) groups excluding carboxylic acids is 1. The minimum atomic E-state index is -0.459. The van der Waals surface area contributed by atoms with Crippen LogP contribution in [0.15, 0.2) is 4.60 Å². The van der Waals surface area contributed by atoms with Crippen molar-refractivity contribution in [3.8, 4) is 0 Å². The van der Waals surface area contributed by atoms with Crippen LogP contribution in [-0.2, 0) is 6.54 Å². The third-order valence-electron chi connectivity index (χ3n) is 3.99. The zero-order valence-corrected chi connectivity index (χ0v) is 12.5. The van der Waals surface area contributed by atoms with Crippen LogP contribution in [0.2, 0.25) is 0 Å². The lowest BCUT2D eigenvalue weighted by Gasteiger charge is -2.30. The van der Waals surface area contributed by atoms with Crippen molar-refractivity contribution in [2.75, 3.05) is 5.32 Å². The molecule has 7 heteroatoms. The van der Waals surface area contributed by atoms with E-state index >= 15 is 0 Å². The number of anilines is 1. The Kier molecular flexibility index (Phi) is 3.64. The first-order valence-corrected chi connectivity index (χ1v) is 7.55. The van der Waals surface area contributed by atoms with Gasteiger partial charge in [0, 0.05) is 24.2 Å². The maximum Gasteiger partial charge on any atom is 0.254 e. The fourth-order valence-electron chi connectivity index (χ4n) is 2.84. The van der Waals surface area contributed by atoms with Gasteiger partial charge in [0.15, 0.2) is 11.6 Å². The van der Waals surface area contributed by atoms with Gasteiger partial charge in [-0.05, 0) is 28.8 Å². The third kappa shape index (κ3) is 2.29. The number of halogens is 2. The molecule has 0 bridgehead atoms. The molecular weight excluding hydrogens is 327 g/mol. The third-order valence-corrected chi connectivity index (χ3v) is 4.56. The molecule has 4 N–H and O–H groups in total. The molecule has 5 nitrogen and oxygen atoms in total. The summed E-state index contributed by atoms with van der Waals surface area (Å²) in [4.78, 5) is 15.7. The first-order valence-electron chi connectivity index (χ1n) is 6.76. The van der Waals surface area contributed by atoms with Gasteiger partial charge in [0.05, 0.1) is 5.56 Å². The molecule has 1 fully saturated rings. The van der Waals surface area contributed by atoms with Gasteiger partial charge in [-0.3, -0.25) is 4.79 Å². The number of hydrogen-bond donors (Lipinski definition) is 3. The second-order valence-corrected chi connectivity index (χ2v) is 6.05. The zero-order valence-electron chi connectivity index (χ0n) is 10.9. The lowest BCUT2D eigenvalue weighted by atomic mass is 9.91. The van der Waals surface area contributed by atoms with Crippen molar-refractivity contribution in [2.24, 2.45) is 5.73 Å². The normalized spacial score (nSPS) is 25.2. The molecule has 0 saturated heterocycles. The zero-order chi connectivity index (χ0) is 14.3. The number of carbonyl (C=O) groups is 1. The summed E-state index contributed by atoms with van der Waals surface area (Å²) < 4.78 is 14.8. The fourth-order valence-corrected chi connectivity index (χ4v) is 3.44. The molecule has 1 aliphatic carbocycles. The number of nitrogens with zero attached hydrogens (tertiary/aromatic N) is 1. The molecule has 3 rings (SSSR count). The Balaban J connectivity index is 1.91. The van der Waals surface area contributed by atoms with Crippen molar-refractivity contribution < 1.29 is 9.18 Å². The highest BCUT2D eigenvalue weighted by molar-refractivity contribution is 9.10. The van der Waals surface area contributed by atoms with Crippen LogP contribution in [0.25, 0.3) is 0 Å². The average Bonchev–Trinajstić information content (AvgIpc) is 2.81. The van der Waals surface area contributed by atoms with Crippen molar-refractivity contribution in [2.45, 2.75) is 44.3 Å². The van der Waals surface area contributed by atoms with Gasteiger partial charge in [-0.25, -0.2) is 9.37 Å². The minimum Gasteiger partial charge on any atom is -0.363 e. The second kappa shape index (κ2) is 5.29. The minimum absolute atomic E-state index is 0.0109. The molecule has 2 unspecified atom stereocenters. The number of hydrogen-bond acceptors (Lipinski definition) is 4. The molecule has 0 radical (unpaired) electrons. The Labute approximate surface area is 124 Å². The quantitative estimate of drug-likeness (QED) is 0.717. The highest BCUT2D eigenvalue weighted by Crippen LogP contribution is 2.31. The molecule has 1 aromatic rings. The van der Waals surface area contributed by atoms with E-state index in [1.54, 1.807) is 0 Å².